The van der Waals surface area contributed by atoms with E-state index in [0.29, 0.717) is 35.4 Å². The summed E-state index contributed by atoms with van der Waals surface area (Å²) in [5.41, 5.74) is 1.76. The molecule has 2 aromatic carbocycles. The summed E-state index contributed by atoms with van der Waals surface area (Å²) >= 11 is 12.1. The van der Waals surface area contributed by atoms with Gasteiger partial charge < -0.3 is 9.47 Å². The lowest BCUT2D eigenvalue weighted by Gasteiger charge is -2.12. The minimum atomic E-state index is 0.180. The van der Waals surface area contributed by atoms with Crippen molar-refractivity contribution in [2.45, 2.75) is 12.8 Å². The van der Waals surface area contributed by atoms with Crippen LogP contribution in [0.3, 0.4) is 0 Å². The topological polar surface area (TPSA) is 35.5 Å². The fourth-order valence-corrected chi connectivity index (χ4v) is 3.02. The zero-order valence-electron chi connectivity index (χ0n) is 11.8. The summed E-state index contributed by atoms with van der Waals surface area (Å²) in [5.74, 6) is 1.39. The van der Waals surface area contributed by atoms with Crippen LogP contribution in [0.2, 0.25) is 10.0 Å². The van der Waals surface area contributed by atoms with Crippen LogP contribution >= 0.6 is 23.2 Å². The Hall–Kier alpha value is -1.71. The smallest absolute Gasteiger partial charge is 0.163 e. The van der Waals surface area contributed by atoms with E-state index in [1.165, 1.54) is 0 Å². The molecule has 0 spiro atoms. The highest BCUT2D eigenvalue weighted by Gasteiger charge is 2.22. The monoisotopic (exact) mass is 336 g/mol. The van der Waals surface area contributed by atoms with E-state index in [0.717, 1.165) is 23.3 Å². The number of halogens is 2. The number of para-hydroxylation sites is 1. The molecule has 5 heteroatoms. The van der Waals surface area contributed by atoms with E-state index in [1.54, 1.807) is 18.2 Å². The molecule has 0 radical (unpaired) electrons. The third kappa shape index (κ3) is 3.06. The Morgan fingerprint density at radius 1 is 0.909 bits per heavy atom. The van der Waals surface area contributed by atoms with E-state index >= 15 is 0 Å². The summed E-state index contributed by atoms with van der Waals surface area (Å²) < 4.78 is 11.3. The van der Waals surface area contributed by atoms with E-state index < -0.39 is 0 Å². The number of carbonyl (C=O) groups is 1. The molecule has 0 aliphatic heterocycles. The molecule has 0 saturated heterocycles. The van der Waals surface area contributed by atoms with Gasteiger partial charge in [-0.05, 0) is 24.6 Å². The SMILES string of the molecule is O=C1CCc2c(OCCOc3c(Cl)cccc3Cl)cccc21. The second-order valence-electron chi connectivity index (χ2n) is 4.95. The molecule has 0 aromatic heterocycles. The summed E-state index contributed by atoms with van der Waals surface area (Å²) in [7, 11) is 0. The van der Waals surface area contributed by atoms with E-state index in [-0.39, 0.29) is 5.78 Å². The fourth-order valence-electron chi connectivity index (χ4n) is 2.51. The van der Waals surface area contributed by atoms with Gasteiger partial charge in [-0.15, -0.1) is 0 Å². The number of rotatable bonds is 5. The number of carbonyl (C=O) groups excluding carboxylic acids is 1. The first-order valence-electron chi connectivity index (χ1n) is 7.01. The van der Waals surface area contributed by atoms with Crippen LogP contribution in [0.25, 0.3) is 0 Å². The molecule has 2 aromatic rings. The maximum absolute atomic E-state index is 11.7. The summed E-state index contributed by atoms with van der Waals surface area (Å²) in [4.78, 5) is 11.7. The van der Waals surface area contributed by atoms with E-state index in [1.807, 2.05) is 18.2 Å². The Kier molecular flexibility index (Phi) is 4.55. The van der Waals surface area contributed by atoms with Crippen molar-refractivity contribution in [2.75, 3.05) is 13.2 Å². The van der Waals surface area contributed by atoms with Crippen molar-refractivity contribution in [1.29, 1.82) is 0 Å². The van der Waals surface area contributed by atoms with Crippen molar-refractivity contribution >= 4 is 29.0 Å². The van der Waals surface area contributed by atoms with Gasteiger partial charge in [0.05, 0.1) is 10.0 Å². The quantitative estimate of drug-likeness (QED) is 0.749. The molecule has 22 heavy (non-hydrogen) atoms. The van der Waals surface area contributed by atoms with Gasteiger partial charge >= 0.3 is 0 Å². The lowest BCUT2D eigenvalue weighted by Crippen LogP contribution is -2.10. The molecule has 0 heterocycles. The van der Waals surface area contributed by atoms with Crippen molar-refractivity contribution in [2.24, 2.45) is 0 Å². The molecule has 0 amide bonds. The number of fused-ring (bicyclic) bond motifs is 1. The molecule has 0 fully saturated rings. The Morgan fingerprint density at radius 2 is 1.59 bits per heavy atom. The number of ether oxygens (including phenoxy) is 2. The first kappa shape index (κ1) is 15.2. The molecule has 0 atom stereocenters. The van der Waals surface area contributed by atoms with Crippen LogP contribution in [-0.2, 0) is 6.42 Å². The zero-order valence-corrected chi connectivity index (χ0v) is 13.3. The Balaban J connectivity index is 1.60. The predicted molar refractivity (Wildman–Crippen MR) is 86.5 cm³/mol. The van der Waals surface area contributed by atoms with Gasteiger partial charge in [0.2, 0.25) is 0 Å². The number of hydrogen-bond acceptors (Lipinski definition) is 3. The second-order valence-corrected chi connectivity index (χ2v) is 5.77. The van der Waals surface area contributed by atoms with Crippen LogP contribution in [0, 0.1) is 0 Å². The minimum absolute atomic E-state index is 0.180. The first-order chi connectivity index (χ1) is 10.7. The van der Waals surface area contributed by atoms with Gasteiger partial charge in [-0.1, -0.05) is 41.4 Å². The predicted octanol–water partition coefficient (Wildman–Crippen LogP) is 4.58. The third-order valence-corrected chi connectivity index (χ3v) is 4.14. The molecule has 1 aliphatic rings. The highest BCUT2D eigenvalue weighted by atomic mass is 35.5. The summed E-state index contributed by atoms with van der Waals surface area (Å²) in [6.45, 7) is 0.674. The van der Waals surface area contributed by atoms with E-state index in [4.69, 9.17) is 32.7 Å². The van der Waals surface area contributed by atoms with Crippen molar-refractivity contribution in [3.8, 4) is 11.5 Å². The summed E-state index contributed by atoms with van der Waals surface area (Å²) in [6, 6.07) is 10.8. The molecule has 3 nitrogen and oxygen atoms in total. The molecule has 0 bridgehead atoms. The lowest BCUT2D eigenvalue weighted by atomic mass is 10.1. The van der Waals surface area contributed by atoms with Crippen LogP contribution in [0.1, 0.15) is 22.3 Å². The average molecular weight is 337 g/mol. The minimum Gasteiger partial charge on any atom is -0.490 e. The summed E-state index contributed by atoms with van der Waals surface area (Å²) in [6.07, 6.45) is 1.29. The highest BCUT2D eigenvalue weighted by Crippen LogP contribution is 2.33. The molecule has 114 valence electrons. The molecular weight excluding hydrogens is 323 g/mol. The molecule has 3 rings (SSSR count). The van der Waals surface area contributed by atoms with E-state index in [9.17, 15) is 4.79 Å². The van der Waals surface area contributed by atoms with Crippen LogP contribution in [-0.4, -0.2) is 19.0 Å². The van der Waals surface area contributed by atoms with Gasteiger partial charge in [-0.3, -0.25) is 4.79 Å². The number of ketones is 1. The Bertz CT molecular complexity index is 693. The average Bonchev–Trinajstić information content (AvgIpc) is 2.88. The van der Waals surface area contributed by atoms with Gasteiger partial charge in [0, 0.05) is 17.5 Å². The Morgan fingerprint density at radius 3 is 2.36 bits per heavy atom. The Labute approximate surface area is 138 Å². The lowest BCUT2D eigenvalue weighted by molar-refractivity contribution is 0.0994. The van der Waals surface area contributed by atoms with E-state index in [2.05, 4.69) is 0 Å². The number of benzene rings is 2. The van der Waals surface area contributed by atoms with Crippen LogP contribution < -0.4 is 9.47 Å². The van der Waals surface area contributed by atoms with Crippen molar-refractivity contribution < 1.29 is 14.3 Å². The normalized spacial score (nSPS) is 13.1. The number of Topliss-reactive ketones (excluding diaryl/α,β-unsaturated/α-hetero) is 1. The molecule has 0 N–H and O–H groups in total. The van der Waals surface area contributed by atoms with Crippen molar-refractivity contribution in [3.63, 3.8) is 0 Å². The van der Waals surface area contributed by atoms with Gasteiger partial charge in [0.15, 0.2) is 11.5 Å². The zero-order chi connectivity index (χ0) is 15.5. The van der Waals surface area contributed by atoms with Crippen LogP contribution in [0.15, 0.2) is 36.4 Å². The van der Waals surface area contributed by atoms with Crippen LogP contribution in [0.5, 0.6) is 11.5 Å². The highest BCUT2D eigenvalue weighted by molar-refractivity contribution is 6.37. The van der Waals surface area contributed by atoms with Gasteiger partial charge in [-0.25, -0.2) is 0 Å². The van der Waals surface area contributed by atoms with Crippen molar-refractivity contribution in [1.82, 2.24) is 0 Å². The largest absolute Gasteiger partial charge is 0.490 e. The second kappa shape index (κ2) is 6.59. The third-order valence-electron chi connectivity index (χ3n) is 3.54. The maximum Gasteiger partial charge on any atom is 0.163 e. The van der Waals surface area contributed by atoms with Gasteiger partial charge in [0.1, 0.15) is 19.0 Å². The molecular formula is C17H14Cl2O3. The fraction of sp³-hybridized carbons (Fsp3) is 0.235. The molecule has 0 saturated carbocycles. The number of hydrogen-bond donors (Lipinski definition) is 0. The summed E-state index contributed by atoms with van der Waals surface area (Å²) in [5, 5.41) is 0.942. The maximum atomic E-state index is 11.7. The van der Waals surface area contributed by atoms with Crippen LogP contribution in [0.4, 0.5) is 0 Å². The van der Waals surface area contributed by atoms with Crippen molar-refractivity contribution in [3.05, 3.63) is 57.6 Å². The first-order valence-corrected chi connectivity index (χ1v) is 7.77. The van der Waals surface area contributed by atoms with Gasteiger partial charge in [0.25, 0.3) is 0 Å². The molecule has 1 aliphatic carbocycles. The molecule has 0 unspecified atom stereocenters. The standard InChI is InChI=1S/C17H14Cl2O3/c18-13-4-2-5-14(19)17(13)22-10-9-21-16-6-1-3-11-12(16)7-8-15(11)20/h1-6H,7-10H2. The van der Waals surface area contributed by atoms with Gasteiger partial charge in [-0.2, -0.15) is 0 Å².